The number of primary amides is 1. The maximum Gasteiger partial charge on any atom is 0.418 e. The van der Waals surface area contributed by atoms with E-state index in [2.05, 4.69) is 14.7 Å². The number of hydrogen-bond donors (Lipinski definition) is 3. The average molecular weight is 444 g/mol. The fraction of sp³-hybridized carbons (Fsp3) is 0.688. The van der Waals surface area contributed by atoms with Crippen LogP contribution in [0.4, 0.5) is 4.79 Å². The lowest BCUT2D eigenvalue weighted by molar-refractivity contribution is -0.175. The van der Waals surface area contributed by atoms with Crippen LogP contribution in [-0.4, -0.2) is 82.2 Å². The molecular weight excluding hydrogens is 420 g/mol. The molecule has 1 aromatic heterocycles. The molecule has 4 heterocycles. The van der Waals surface area contributed by atoms with Gasteiger partial charge in [-0.25, -0.2) is 4.79 Å². The molecule has 4 N–H and O–H groups in total. The Morgan fingerprint density at radius 2 is 2.27 bits per heavy atom. The average Bonchev–Trinajstić information content (AvgIpc) is 3.39. The van der Waals surface area contributed by atoms with Crippen molar-refractivity contribution >= 4 is 22.3 Å². The van der Waals surface area contributed by atoms with E-state index in [9.17, 15) is 18.0 Å². The smallest absolute Gasteiger partial charge is 0.365 e. The minimum Gasteiger partial charge on any atom is -0.365 e. The number of ether oxygens (including phenoxy) is 1. The molecule has 0 aliphatic carbocycles. The van der Waals surface area contributed by atoms with Gasteiger partial charge in [0, 0.05) is 44.5 Å². The molecule has 0 aromatic carbocycles. The van der Waals surface area contributed by atoms with Gasteiger partial charge in [-0.2, -0.15) is 18.6 Å². The number of fused-ring (bicyclic) bond motifs is 2. The molecule has 2 bridgehead atoms. The number of aromatic nitrogens is 2. The molecule has 3 saturated heterocycles. The Morgan fingerprint density at radius 3 is 2.93 bits per heavy atom. The fourth-order valence-electron chi connectivity index (χ4n) is 4.40. The van der Waals surface area contributed by atoms with E-state index in [1.54, 1.807) is 6.20 Å². The summed E-state index contributed by atoms with van der Waals surface area (Å²) in [6.45, 7) is 1.66. The SMILES string of the molecule is NC(=O)C1(OC[C@@H]2C[C@H](Cn3cccn3)CN2)CCC2CN1C(=O)N2OS(=O)(=O)O. The first-order chi connectivity index (χ1) is 14.2. The predicted molar refractivity (Wildman–Crippen MR) is 99.6 cm³/mol. The molecule has 166 valence electrons. The summed E-state index contributed by atoms with van der Waals surface area (Å²) in [6.07, 6.45) is 4.72. The molecule has 0 radical (unpaired) electrons. The summed E-state index contributed by atoms with van der Waals surface area (Å²) in [5, 5.41) is 8.09. The molecule has 1 aromatic rings. The van der Waals surface area contributed by atoms with Gasteiger partial charge in [-0.15, -0.1) is 4.28 Å². The number of nitrogens with two attached hydrogens (primary N) is 1. The van der Waals surface area contributed by atoms with Crippen LogP contribution in [0.15, 0.2) is 18.5 Å². The van der Waals surface area contributed by atoms with Gasteiger partial charge in [0.15, 0.2) is 0 Å². The van der Waals surface area contributed by atoms with Crippen molar-refractivity contribution in [2.45, 2.75) is 43.6 Å². The highest BCUT2D eigenvalue weighted by atomic mass is 32.3. The molecular formula is C16H24N6O7S. The molecule has 13 nitrogen and oxygen atoms in total. The maximum atomic E-state index is 12.6. The number of hydroxylamine groups is 2. The zero-order chi connectivity index (χ0) is 21.5. The van der Waals surface area contributed by atoms with Crippen molar-refractivity contribution in [1.82, 2.24) is 25.1 Å². The molecule has 0 saturated carbocycles. The summed E-state index contributed by atoms with van der Waals surface area (Å²) < 4.78 is 43.2. The molecule has 3 aliphatic rings. The molecule has 4 atom stereocenters. The van der Waals surface area contributed by atoms with Gasteiger partial charge in [0.1, 0.15) is 0 Å². The third kappa shape index (κ3) is 4.00. The Balaban J connectivity index is 1.40. The zero-order valence-corrected chi connectivity index (χ0v) is 16.9. The lowest BCUT2D eigenvalue weighted by atomic mass is 9.96. The van der Waals surface area contributed by atoms with E-state index in [4.69, 9.17) is 15.0 Å². The molecule has 3 fully saturated rings. The highest BCUT2D eigenvalue weighted by Gasteiger charge is 2.58. The van der Waals surface area contributed by atoms with Gasteiger partial charge in [-0.3, -0.25) is 18.9 Å². The lowest BCUT2D eigenvalue weighted by Crippen LogP contribution is -2.62. The molecule has 3 amide bonds. The van der Waals surface area contributed by atoms with Gasteiger partial charge >= 0.3 is 16.4 Å². The summed E-state index contributed by atoms with van der Waals surface area (Å²) in [5.74, 6) is -0.500. The predicted octanol–water partition coefficient (Wildman–Crippen LogP) is -1.31. The number of piperidine rings is 1. The van der Waals surface area contributed by atoms with Crippen molar-refractivity contribution in [3.63, 3.8) is 0 Å². The third-order valence-corrected chi connectivity index (χ3v) is 6.15. The van der Waals surface area contributed by atoms with Crippen LogP contribution >= 0.6 is 0 Å². The van der Waals surface area contributed by atoms with Gasteiger partial charge in [0.2, 0.25) is 5.72 Å². The minimum absolute atomic E-state index is 0.00267. The van der Waals surface area contributed by atoms with Crippen molar-refractivity contribution in [2.75, 3.05) is 19.7 Å². The molecule has 3 aliphatic heterocycles. The topological polar surface area (TPSA) is 169 Å². The van der Waals surface area contributed by atoms with Crippen LogP contribution in [0.5, 0.6) is 0 Å². The molecule has 2 unspecified atom stereocenters. The number of urea groups is 1. The summed E-state index contributed by atoms with van der Waals surface area (Å²) in [5.41, 5.74) is 3.91. The van der Waals surface area contributed by atoms with Crippen LogP contribution in [-0.2, 0) is 30.8 Å². The lowest BCUT2D eigenvalue weighted by Gasteiger charge is -2.40. The first-order valence-corrected chi connectivity index (χ1v) is 11.0. The van der Waals surface area contributed by atoms with E-state index in [-0.39, 0.29) is 32.0 Å². The van der Waals surface area contributed by atoms with Gasteiger partial charge < -0.3 is 15.8 Å². The van der Waals surface area contributed by atoms with E-state index in [0.717, 1.165) is 24.4 Å². The number of nitrogens with zero attached hydrogens (tertiary/aromatic N) is 4. The monoisotopic (exact) mass is 444 g/mol. The van der Waals surface area contributed by atoms with E-state index in [1.807, 2.05) is 16.9 Å². The van der Waals surface area contributed by atoms with Gasteiger partial charge in [0.05, 0.1) is 12.6 Å². The summed E-state index contributed by atoms with van der Waals surface area (Å²) in [7, 11) is -4.89. The van der Waals surface area contributed by atoms with Gasteiger partial charge in [0.25, 0.3) is 5.91 Å². The number of hydrogen-bond acceptors (Lipinski definition) is 8. The second-order valence-corrected chi connectivity index (χ2v) is 8.81. The quantitative estimate of drug-likeness (QED) is 0.412. The van der Waals surface area contributed by atoms with E-state index in [0.29, 0.717) is 11.0 Å². The first-order valence-electron chi connectivity index (χ1n) is 9.60. The third-order valence-electron chi connectivity index (χ3n) is 5.80. The highest BCUT2D eigenvalue weighted by Crippen LogP contribution is 2.38. The number of carbonyl (C=O) groups is 2. The van der Waals surface area contributed by atoms with Crippen molar-refractivity contribution in [3.05, 3.63) is 18.5 Å². The molecule has 4 rings (SSSR count). The fourth-order valence-corrected chi connectivity index (χ4v) is 4.79. The Hall–Kier alpha value is -2.26. The van der Waals surface area contributed by atoms with Gasteiger partial charge in [-0.1, -0.05) is 0 Å². The van der Waals surface area contributed by atoms with E-state index < -0.39 is 34.1 Å². The zero-order valence-electron chi connectivity index (χ0n) is 16.1. The number of nitrogens with one attached hydrogen (secondary N) is 1. The second-order valence-electron chi connectivity index (χ2n) is 7.81. The Kier molecular flexibility index (Phi) is 5.44. The van der Waals surface area contributed by atoms with E-state index in [1.165, 1.54) is 0 Å². The second kappa shape index (κ2) is 7.77. The van der Waals surface area contributed by atoms with Crippen LogP contribution < -0.4 is 11.1 Å². The highest BCUT2D eigenvalue weighted by molar-refractivity contribution is 7.80. The van der Waals surface area contributed by atoms with Gasteiger partial charge in [-0.05, 0) is 24.8 Å². The number of carbonyl (C=O) groups excluding carboxylic acids is 2. The van der Waals surface area contributed by atoms with Crippen LogP contribution in [0.25, 0.3) is 0 Å². The van der Waals surface area contributed by atoms with E-state index >= 15 is 0 Å². The van der Waals surface area contributed by atoms with Crippen molar-refractivity contribution in [3.8, 4) is 0 Å². The summed E-state index contributed by atoms with van der Waals surface area (Å²) >= 11 is 0. The maximum absolute atomic E-state index is 12.6. The first kappa shape index (κ1) is 21.0. The van der Waals surface area contributed by atoms with Crippen LogP contribution in [0, 0.1) is 5.92 Å². The number of amides is 3. The Labute approximate surface area is 173 Å². The minimum atomic E-state index is -4.89. The van der Waals surface area contributed by atoms with Crippen LogP contribution in [0.2, 0.25) is 0 Å². The van der Waals surface area contributed by atoms with Crippen LogP contribution in [0.1, 0.15) is 19.3 Å². The Bertz CT molecular complexity index is 909. The molecule has 0 spiro atoms. The molecule has 14 heteroatoms. The Morgan fingerprint density at radius 1 is 1.47 bits per heavy atom. The van der Waals surface area contributed by atoms with Crippen LogP contribution in [0.3, 0.4) is 0 Å². The largest absolute Gasteiger partial charge is 0.418 e. The van der Waals surface area contributed by atoms with Crippen molar-refractivity contribution in [1.29, 1.82) is 0 Å². The van der Waals surface area contributed by atoms with Crippen molar-refractivity contribution in [2.24, 2.45) is 11.7 Å². The molecule has 30 heavy (non-hydrogen) atoms. The van der Waals surface area contributed by atoms with Crippen molar-refractivity contribution < 1.29 is 31.6 Å². The summed E-state index contributed by atoms with van der Waals surface area (Å²) in [4.78, 5) is 26.0. The number of rotatable bonds is 8. The standard InChI is InChI=1S/C16H24N6O7S/c17-14(23)16(3-2-13-9-21(16)15(24)22(13)29-30(25,26)27)28-10-12-6-11(7-18-12)8-20-5-1-4-19-20/h1,4-5,11-13,18H,2-3,6-10H2,(H2,17,23)(H,25,26,27)/t11-,12-,13?,16?/m0/s1. The summed E-state index contributed by atoms with van der Waals surface area (Å²) in [6, 6.07) is 0.281. The normalized spacial score (nSPS) is 31.5.